The van der Waals surface area contributed by atoms with E-state index in [9.17, 15) is 0 Å². The molecule has 0 aliphatic rings. The lowest BCUT2D eigenvalue weighted by molar-refractivity contribution is 0.322. The molecule has 24 heavy (non-hydrogen) atoms. The normalized spacial score (nSPS) is 10.7. The lowest BCUT2D eigenvalue weighted by Crippen LogP contribution is -2.38. The zero-order chi connectivity index (χ0) is 16.5. The van der Waals surface area contributed by atoms with E-state index < -0.39 is 0 Å². The lowest BCUT2D eigenvalue weighted by atomic mass is 10.2. The van der Waals surface area contributed by atoms with Crippen molar-refractivity contribution in [3.8, 4) is 5.88 Å². The first-order valence-corrected chi connectivity index (χ1v) is 7.77. The minimum atomic E-state index is 0. The zero-order valence-corrected chi connectivity index (χ0v) is 16.7. The first-order valence-electron chi connectivity index (χ1n) is 7.77. The molecule has 5 nitrogen and oxygen atoms in total. The van der Waals surface area contributed by atoms with Crippen LogP contribution in [0, 0.1) is 0 Å². The average molecular weight is 440 g/mol. The second-order valence-electron chi connectivity index (χ2n) is 5.14. The molecule has 0 atom stereocenters. The number of nitrogens with one attached hydrogen (secondary N) is 1. The van der Waals surface area contributed by atoms with Gasteiger partial charge in [-0.25, -0.2) is 4.98 Å². The van der Waals surface area contributed by atoms with Crippen molar-refractivity contribution in [2.45, 2.75) is 20.0 Å². The Bertz CT molecular complexity index is 634. The molecule has 0 unspecified atom stereocenters. The van der Waals surface area contributed by atoms with Crippen LogP contribution in [0.15, 0.2) is 53.7 Å². The molecular weight excluding hydrogens is 415 g/mol. The Balaban J connectivity index is 0.00000288. The van der Waals surface area contributed by atoms with Crippen LogP contribution in [0.25, 0.3) is 0 Å². The van der Waals surface area contributed by atoms with E-state index in [1.165, 1.54) is 5.56 Å². The van der Waals surface area contributed by atoms with Gasteiger partial charge in [0.2, 0.25) is 5.88 Å². The number of benzene rings is 1. The van der Waals surface area contributed by atoms with Crippen molar-refractivity contribution >= 4 is 29.9 Å². The summed E-state index contributed by atoms with van der Waals surface area (Å²) in [6.07, 6.45) is 1.74. The number of hydrogen-bond acceptors (Lipinski definition) is 3. The summed E-state index contributed by atoms with van der Waals surface area (Å²) in [4.78, 5) is 10.7. The van der Waals surface area contributed by atoms with Crippen molar-refractivity contribution in [2.24, 2.45) is 4.99 Å². The number of halogens is 1. The van der Waals surface area contributed by atoms with Crippen molar-refractivity contribution in [1.29, 1.82) is 0 Å². The smallest absolute Gasteiger partial charge is 0.218 e. The fourth-order valence-corrected chi connectivity index (χ4v) is 2.32. The van der Waals surface area contributed by atoms with E-state index in [0.717, 1.165) is 18.1 Å². The average Bonchev–Trinajstić information content (AvgIpc) is 2.58. The Morgan fingerprint density at radius 1 is 1.21 bits per heavy atom. The molecule has 0 aliphatic heterocycles. The summed E-state index contributed by atoms with van der Waals surface area (Å²) in [5, 5.41) is 3.36. The highest BCUT2D eigenvalue weighted by Gasteiger charge is 2.09. The summed E-state index contributed by atoms with van der Waals surface area (Å²) in [5.41, 5.74) is 2.26. The minimum Gasteiger partial charge on any atom is -0.478 e. The summed E-state index contributed by atoms with van der Waals surface area (Å²) in [6.45, 7) is 3.98. The lowest BCUT2D eigenvalue weighted by Gasteiger charge is -2.22. The molecule has 130 valence electrons. The molecule has 1 aromatic heterocycles. The Morgan fingerprint density at radius 3 is 2.62 bits per heavy atom. The largest absolute Gasteiger partial charge is 0.478 e. The Kier molecular flexibility index (Phi) is 9.14. The van der Waals surface area contributed by atoms with Gasteiger partial charge in [0.15, 0.2) is 5.96 Å². The molecule has 6 heteroatoms. The predicted octanol–water partition coefficient (Wildman–Crippen LogP) is 3.31. The fourth-order valence-electron chi connectivity index (χ4n) is 2.32. The van der Waals surface area contributed by atoms with E-state index in [0.29, 0.717) is 19.0 Å². The number of rotatable bonds is 6. The number of hydrogen-bond donors (Lipinski definition) is 1. The van der Waals surface area contributed by atoms with Gasteiger partial charge in [-0.05, 0) is 18.6 Å². The Hall–Kier alpha value is -1.83. The number of pyridine rings is 1. The number of aromatic nitrogens is 1. The number of nitrogens with zero attached hydrogens (tertiary/aromatic N) is 3. The molecule has 0 saturated carbocycles. The van der Waals surface area contributed by atoms with Crippen LogP contribution >= 0.6 is 24.0 Å². The van der Waals surface area contributed by atoms with Crippen molar-refractivity contribution in [2.75, 3.05) is 20.7 Å². The summed E-state index contributed by atoms with van der Waals surface area (Å²) in [6, 6.07) is 14.3. The van der Waals surface area contributed by atoms with Crippen LogP contribution in [0.2, 0.25) is 0 Å². The summed E-state index contributed by atoms with van der Waals surface area (Å²) in [5.74, 6) is 1.50. The highest BCUT2D eigenvalue weighted by Crippen LogP contribution is 2.14. The third-order valence-electron chi connectivity index (χ3n) is 3.40. The topological polar surface area (TPSA) is 49.8 Å². The van der Waals surface area contributed by atoms with Crippen molar-refractivity contribution in [1.82, 2.24) is 15.2 Å². The Labute approximate surface area is 161 Å². The molecule has 1 N–H and O–H groups in total. The molecule has 1 heterocycles. The molecule has 0 saturated heterocycles. The van der Waals surface area contributed by atoms with E-state index in [1.54, 1.807) is 13.2 Å². The van der Waals surface area contributed by atoms with E-state index in [4.69, 9.17) is 4.74 Å². The molecule has 0 amide bonds. The highest BCUT2D eigenvalue weighted by molar-refractivity contribution is 14.0. The molecule has 2 rings (SSSR count). The van der Waals surface area contributed by atoms with Crippen LogP contribution in [-0.4, -0.2) is 36.5 Å². The van der Waals surface area contributed by atoms with Gasteiger partial charge in [0.1, 0.15) is 0 Å². The van der Waals surface area contributed by atoms with E-state index >= 15 is 0 Å². The standard InChI is InChI=1S/C18H24N4O.HI/c1-4-23-17-16(11-8-12-20-17)13-21-18(19-2)22(3)14-15-9-6-5-7-10-15;/h5-12H,4,13-14H2,1-3H3,(H,19,21);1H. The maximum Gasteiger partial charge on any atom is 0.218 e. The van der Waals surface area contributed by atoms with Gasteiger partial charge in [-0.2, -0.15) is 0 Å². The SMILES string of the molecule is CCOc1ncccc1CNC(=NC)N(C)Cc1ccccc1.I. The van der Waals surface area contributed by atoms with Gasteiger partial charge in [-0.3, -0.25) is 4.99 Å². The molecule has 0 radical (unpaired) electrons. The molecule has 0 bridgehead atoms. The monoisotopic (exact) mass is 440 g/mol. The first kappa shape index (κ1) is 20.2. The van der Waals surface area contributed by atoms with Gasteiger partial charge < -0.3 is 15.0 Å². The number of ether oxygens (including phenoxy) is 1. The van der Waals surface area contributed by atoms with Crippen molar-refractivity contribution in [3.05, 3.63) is 59.8 Å². The fraction of sp³-hybridized carbons (Fsp3) is 0.333. The van der Waals surface area contributed by atoms with Crippen LogP contribution in [0.4, 0.5) is 0 Å². The molecule has 2 aromatic rings. The molecule has 0 aliphatic carbocycles. The first-order chi connectivity index (χ1) is 11.2. The summed E-state index contributed by atoms with van der Waals surface area (Å²) in [7, 11) is 3.81. The third kappa shape index (κ3) is 5.99. The van der Waals surface area contributed by atoms with Gasteiger partial charge in [-0.1, -0.05) is 36.4 Å². The second kappa shape index (κ2) is 10.9. The third-order valence-corrected chi connectivity index (χ3v) is 3.40. The maximum atomic E-state index is 5.55. The van der Waals surface area contributed by atoms with Gasteiger partial charge >= 0.3 is 0 Å². The maximum absolute atomic E-state index is 5.55. The van der Waals surface area contributed by atoms with E-state index in [1.807, 2.05) is 44.3 Å². The molecule has 1 aromatic carbocycles. The molecule has 0 spiro atoms. The van der Waals surface area contributed by atoms with Gasteiger partial charge in [0.25, 0.3) is 0 Å². The van der Waals surface area contributed by atoms with Gasteiger partial charge in [0, 0.05) is 38.9 Å². The van der Waals surface area contributed by atoms with Crippen LogP contribution < -0.4 is 10.1 Å². The van der Waals surface area contributed by atoms with Crippen molar-refractivity contribution in [3.63, 3.8) is 0 Å². The van der Waals surface area contributed by atoms with Crippen LogP contribution in [0.5, 0.6) is 5.88 Å². The predicted molar refractivity (Wildman–Crippen MR) is 109 cm³/mol. The second-order valence-corrected chi connectivity index (χ2v) is 5.14. The molecule has 0 fully saturated rings. The van der Waals surface area contributed by atoms with Crippen LogP contribution in [0.3, 0.4) is 0 Å². The minimum absolute atomic E-state index is 0. The Morgan fingerprint density at radius 2 is 1.96 bits per heavy atom. The van der Waals surface area contributed by atoms with E-state index in [-0.39, 0.29) is 24.0 Å². The van der Waals surface area contributed by atoms with Gasteiger partial charge in [0.05, 0.1) is 6.61 Å². The van der Waals surface area contributed by atoms with Gasteiger partial charge in [-0.15, -0.1) is 24.0 Å². The van der Waals surface area contributed by atoms with E-state index in [2.05, 4.69) is 32.3 Å². The number of aliphatic imine (C=N–C) groups is 1. The number of guanidine groups is 1. The highest BCUT2D eigenvalue weighted by atomic mass is 127. The molecular formula is C18H25IN4O. The summed E-state index contributed by atoms with van der Waals surface area (Å²) < 4.78 is 5.55. The van der Waals surface area contributed by atoms with Crippen LogP contribution in [0.1, 0.15) is 18.1 Å². The summed E-state index contributed by atoms with van der Waals surface area (Å²) >= 11 is 0. The quantitative estimate of drug-likeness (QED) is 0.426. The zero-order valence-electron chi connectivity index (χ0n) is 14.4. The van der Waals surface area contributed by atoms with Crippen molar-refractivity contribution < 1.29 is 4.74 Å². The van der Waals surface area contributed by atoms with Crippen LogP contribution in [-0.2, 0) is 13.1 Å².